The second-order valence-corrected chi connectivity index (χ2v) is 21.8. The summed E-state index contributed by atoms with van der Waals surface area (Å²) in [7, 11) is 5.09. The second kappa shape index (κ2) is 29.7. The molecule has 0 unspecified atom stereocenters. The lowest BCUT2D eigenvalue weighted by Gasteiger charge is -2.29. The van der Waals surface area contributed by atoms with E-state index in [-0.39, 0.29) is 60.7 Å². The summed E-state index contributed by atoms with van der Waals surface area (Å²) in [4.78, 5) is 71.1. The lowest BCUT2D eigenvalue weighted by molar-refractivity contribution is -0.138. The molecule has 21 heteroatoms. The highest BCUT2D eigenvalue weighted by Crippen LogP contribution is 2.41. The predicted octanol–water partition coefficient (Wildman–Crippen LogP) is 7.72. The summed E-state index contributed by atoms with van der Waals surface area (Å²) in [6, 6.07) is 10.2. The largest absolute Gasteiger partial charge is 0.493 e. The van der Waals surface area contributed by atoms with Crippen molar-refractivity contribution in [2.24, 2.45) is 9.98 Å². The number of carboxylic acids is 1. The van der Waals surface area contributed by atoms with E-state index in [1.54, 1.807) is 36.0 Å². The SMILES string of the molecule is C/C=C1\C[C@H]2C=Nc3cc(OCc4cc(OCCN(C)CC(C)(C)SCC(=O)CCCOCCOCCOCCOCCC(=O)O)cc(COc5cc6c(cc5OC)C(=O)N5C/C(=C/C)C[C@H]5C=N6)n4)c(OC)cc3C(=O)N2C1. The van der Waals surface area contributed by atoms with Crippen molar-refractivity contribution in [1.82, 2.24) is 19.7 Å². The third-order valence-corrected chi connectivity index (χ3v) is 15.0. The van der Waals surface area contributed by atoms with Crippen LogP contribution in [0.4, 0.5) is 11.4 Å². The number of carbonyl (C=O) groups excluding carboxylic acids is 3. The molecule has 2 aromatic carbocycles. The molecular weight excluding hydrogens is 1040 g/mol. The number of hydrogen-bond acceptors (Lipinski definition) is 18. The van der Waals surface area contributed by atoms with Gasteiger partial charge in [0.15, 0.2) is 23.0 Å². The van der Waals surface area contributed by atoms with Crippen molar-refractivity contribution in [3.63, 3.8) is 0 Å². The molecule has 1 N–H and O–H groups in total. The molecule has 1 aromatic heterocycles. The van der Waals surface area contributed by atoms with Gasteiger partial charge < -0.3 is 62.4 Å². The number of aliphatic carboxylic acids is 1. The Morgan fingerprint density at radius 2 is 1.18 bits per heavy atom. The number of amides is 2. The van der Waals surface area contributed by atoms with E-state index in [4.69, 9.17) is 62.7 Å². The molecule has 20 nitrogen and oxygen atoms in total. The fourth-order valence-corrected chi connectivity index (χ4v) is 10.4. The van der Waals surface area contributed by atoms with Crippen molar-refractivity contribution >= 4 is 59.1 Å². The quantitative estimate of drug-likeness (QED) is 0.0456. The van der Waals surface area contributed by atoms with Crippen LogP contribution in [0.15, 0.2) is 69.7 Å². The topological polar surface area (TPSA) is 219 Å². The number of carboxylic acid groups (broad SMARTS) is 1. The van der Waals surface area contributed by atoms with Crippen LogP contribution in [0, 0.1) is 0 Å². The van der Waals surface area contributed by atoms with Crippen LogP contribution in [0.3, 0.4) is 0 Å². The number of rotatable bonds is 33. The number of nitrogens with zero attached hydrogens (tertiary/aromatic N) is 6. The number of ether oxygens (including phenoxy) is 9. The molecule has 2 saturated heterocycles. The lowest BCUT2D eigenvalue weighted by Crippen LogP contribution is -2.37. The molecule has 428 valence electrons. The molecule has 5 heterocycles. The molecule has 2 amide bonds. The third-order valence-electron chi connectivity index (χ3n) is 13.6. The Morgan fingerprint density at radius 3 is 1.66 bits per heavy atom. The number of fused-ring (bicyclic) bond motifs is 4. The molecule has 2 atom stereocenters. The van der Waals surface area contributed by atoms with Crippen molar-refractivity contribution < 1.29 is 66.9 Å². The average Bonchev–Trinajstić information content (AvgIpc) is 4.08. The van der Waals surface area contributed by atoms with Crippen LogP contribution in [-0.2, 0) is 41.8 Å². The van der Waals surface area contributed by atoms with Crippen molar-refractivity contribution in [2.75, 3.05) is 113 Å². The number of allylic oxidation sites excluding steroid dienone is 2. The van der Waals surface area contributed by atoms with E-state index in [1.807, 2.05) is 55.3 Å². The predicted molar refractivity (Wildman–Crippen MR) is 301 cm³/mol. The molecule has 0 aliphatic carbocycles. The van der Waals surface area contributed by atoms with Gasteiger partial charge in [0.1, 0.15) is 31.4 Å². The maximum Gasteiger partial charge on any atom is 0.305 e. The molecule has 4 aliphatic heterocycles. The standard InChI is InChI=1S/C58H76N6O14S/c1-8-39-23-43-31-59-49-29-53(51(70-6)27-47(49)56(68)63(43)33-39)77-35-41-25-46(26-42(61-41)36-78-54-30-50-48(28-52(54)71-7)57(69)64-34-40(9-2)24-44(64)32-60-50)76-16-13-62(5)38-58(3,4)79-37-45(65)11-10-14-72-17-19-74-21-22-75-20-18-73-15-12-55(66)67/h8-9,25-32,43-44H,10-24,33-38H2,1-7H3,(H,66,67)/b39-8+,40-9+/t43-,44-/m0/s1. The zero-order chi connectivity index (χ0) is 56.3. The van der Waals surface area contributed by atoms with Crippen LogP contribution in [-0.4, -0.2) is 190 Å². The molecule has 3 aromatic rings. The number of methoxy groups -OCH3 is 2. The van der Waals surface area contributed by atoms with Gasteiger partial charge in [-0.05, 0) is 66.1 Å². The highest BCUT2D eigenvalue weighted by atomic mass is 32.2. The molecular formula is C58H76N6O14S. The molecule has 2 fully saturated rings. The smallest absolute Gasteiger partial charge is 0.305 e. The van der Waals surface area contributed by atoms with E-state index in [1.165, 1.54) is 25.4 Å². The van der Waals surface area contributed by atoms with E-state index >= 15 is 0 Å². The zero-order valence-corrected chi connectivity index (χ0v) is 47.4. The van der Waals surface area contributed by atoms with Gasteiger partial charge in [-0.25, -0.2) is 0 Å². The first-order chi connectivity index (χ1) is 38.2. The number of hydrogen-bond donors (Lipinski definition) is 1. The maximum absolute atomic E-state index is 13.8. The molecule has 4 aliphatic rings. The summed E-state index contributed by atoms with van der Waals surface area (Å²) >= 11 is 1.63. The molecule has 7 rings (SSSR count). The Bertz CT molecular complexity index is 2590. The molecule has 0 bridgehead atoms. The number of carbonyl (C=O) groups is 4. The monoisotopic (exact) mass is 1110 g/mol. The fraction of sp³-hybridized carbons (Fsp3) is 0.534. The Hall–Kier alpha value is -6.36. The minimum atomic E-state index is -0.893. The van der Waals surface area contributed by atoms with Crippen molar-refractivity contribution in [2.45, 2.75) is 89.8 Å². The van der Waals surface area contributed by atoms with Gasteiger partial charge >= 0.3 is 5.97 Å². The minimum Gasteiger partial charge on any atom is -0.493 e. The van der Waals surface area contributed by atoms with Gasteiger partial charge in [0.2, 0.25) is 0 Å². The molecule has 0 radical (unpaired) electrons. The zero-order valence-electron chi connectivity index (χ0n) is 46.6. The van der Waals surface area contributed by atoms with Gasteiger partial charge in [-0.1, -0.05) is 23.3 Å². The van der Waals surface area contributed by atoms with Crippen LogP contribution >= 0.6 is 11.8 Å². The van der Waals surface area contributed by atoms with Gasteiger partial charge in [-0.15, -0.1) is 11.8 Å². The van der Waals surface area contributed by atoms with Crippen LogP contribution in [0.1, 0.15) is 91.9 Å². The van der Waals surface area contributed by atoms with E-state index < -0.39 is 5.97 Å². The Kier molecular flexibility index (Phi) is 22.7. The van der Waals surface area contributed by atoms with Crippen LogP contribution in [0.2, 0.25) is 0 Å². The first-order valence-electron chi connectivity index (χ1n) is 26.8. The number of ketones is 1. The highest BCUT2D eigenvalue weighted by Gasteiger charge is 2.36. The van der Waals surface area contributed by atoms with Gasteiger partial charge in [0.25, 0.3) is 11.8 Å². The van der Waals surface area contributed by atoms with Crippen molar-refractivity contribution in [3.8, 4) is 28.7 Å². The summed E-state index contributed by atoms with van der Waals surface area (Å²) in [5, 5.41) is 8.62. The number of benzene rings is 2. The van der Waals surface area contributed by atoms with E-state index in [2.05, 4.69) is 30.9 Å². The normalized spacial score (nSPS) is 17.7. The fourth-order valence-electron chi connectivity index (χ4n) is 9.42. The highest BCUT2D eigenvalue weighted by molar-refractivity contribution is 8.01. The van der Waals surface area contributed by atoms with E-state index in [9.17, 15) is 19.2 Å². The molecule has 79 heavy (non-hydrogen) atoms. The Labute approximate surface area is 467 Å². The number of Topliss-reactive ketones (excluding diaryl/α,β-unsaturated/α-hetero) is 1. The summed E-state index contributed by atoms with van der Waals surface area (Å²) in [6.45, 7) is 14.0. The molecule has 0 saturated carbocycles. The molecule has 0 spiro atoms. The first-order valence-corrected chi connectivity index (χ1v) is 27.8. The van der Waals surface area contributed by atoms with Crippen LogP contribution in [0.5, 0.6) is 28.7 Å². The maximum atomic E-state index is 13.8. The third kappa shape index (κ3) is 17.6. The van der Waals surface area contributed by atoms with Crippen LogP contribution < -0.4 is 23.7 Å². The summed E-state index contributed by atoms with van der Waals surface area (Å²) in [5.74, 6) is 1.56. The number of aliphatic imine (C=N–C) groups is 2. The Balaban J connectivity index is 0.924. The van der Waals surface area contributed by atoms with Gasteiger partial charge in [-0.3, -0.25) is 34.1 Å². The number of pyridine rings is 1. The minimum absolute atomic E-state index is 0.0177. The summed E-state index contributed by atoms with van der Waals surface area (Å²) in [6.07, 6.45) is 10.3. The van der Waals surface area contributed by atoms with Gasteiger partial charge in [0.05, 0.1) is 119 Å². The number of likely N-dealkylation sites (N-methyl/N-ethyl adjacent to an activating group) is 1. The van der Waals surface area contributed by atoms with Gasteiger partial charge in [0, 0.05) is 80.6 Å². The first kappa shape index (κ1) is 60.3. The summed E-state index contributed by atoms with van der Waals surface area (Å²) < 4.78 is 52.2. The Morgan fingerprint density at radius 1 is 0.684 bits per heavy atom. The second-order valence-electron chi connectivity index (χ2n) is 20.1. The average molecular weight is 1110 g/mol. The summed E-state index contributed by atoms with van der Waals surface area (Å²) in [5.41, 5.74) is 5.34. The van der Waals surface area contributed by atoms with Crippen molar-refractivity contribution in [1.29, 1.82) is 0 Å². The van der Waals surface area contributed by atoms with Gasteiger partial charge in [-0.2, -0.15) is 0 Å². The number of thioether (sulfide) groups is 1. The van der Waals surface area contributed by atoms with E-state index in [0.717, 1.165) is 12.8 Å². The van der Waals surface area contributed by atoms with Crippen LogP contribution in [0.25, 0.3) is 0 Å². The van der Waals surface area contributed by atoms with E-state index in [0.29, 0.717) is 160 Å². The number of aromatic nitrogens is 1. The van der Waals surface area contributed by atoms with Crippen molar-refractivity contribution in [3.05, 3.63) is 82.2 Å². The lowest BCUT2D eigenvalue weighted by atomic mass is 10.1.